The number of hydrogen-bond donors (Lipinski definition) is 1. The van der Waals surface area contributed by atoms with E-state index < -0.39 is 0 Å². The lowest BCUT2D eigenvalue weighted by Gasteiger charge is -2.29. The van der Waals surface area contributed by atoms with Crippen molar-refractivity contribution in [3.05, 3.63) is 33.5 Å². The van der Waals surface area contributed by atoms with Gasteiger partial charge < -0.3 is 5.32 Å². The molecule has 6 nitrogen and oxygen atoms in total. The lowest BCUT2D eigenvalue weighted by molar-refractivity contribution is 0.302. The Labute approximate surface area is 139 Å². The molecule has 0 aromatic carbocycles. The quantitative estimate of drug-likeness (QED) is 0.935. The van der Waals surface area contributed by atoms with Crippen molar-refractivity contribution < 1.29 is 0 Å². The fraction of sp³-hybridized carbons (Fsp3) is 0.625. The van der Waals surface area contributed by atoms with Crippen LogP contribution in [-0.2, 0) is 12.8 Å². The maximum atomic E-state index is 12.3. The fourth-order valence-electron chi connectivity index (χ4n) is 3.67. The Balaban J connectivity index is 1.42. The lowest BCUT2D eigenvalue weighted by atomic mass is 9.91. The third kappa shape index (κ3) is 3.02. The van der Waals surface area contributed by atoms with Gasteiger partial charge in [-0.1, -0.05) is 0 Å². The molecule has 2 aromatic rings. The van der Waals surface area contributed by atoms with Gasteiger partial charge in [0.25, 0.3) is 5.56 Å². The van der Waals surface area contributed by atoms with Crippen LogP contribution in [0.15, 0.2) is 10.9 Å². The van der Waals surface area contributed by atoms with Crippen LogP contribution in [0.4, 0.5) is 5.13 Å². The molecular weight excluding hydrogens is 310 g/mol. The van der Waals surface area contributed by atoms with E-state index >= 15 is 0 Å². The van der Waals surface area contributed by atoms with Crippen molar-refractivity contribution >= 4 is 16.7 Å². The maximum Gasteiger partial charge on any atom is 0.267 e. The molecule has 0 radical (unpaired) electrons. The molecule has 0 atom stereocenters. The normalized spacial score (nSPS) is 23.7. The summed E-state index contributed by atoms with van der Waals surface area (Å²) >= 11 is 1.42. The molecule has 2 heterocycles. The molecule has 23 heavy (non-hydrogen) atoms. The van der Waals surface area contributed by atoms with E-state index in [1.54, 1.807) is 4.68 Å². The molecule has 1 fully saturated rings. The van der Waals surface area contributed by atoms with Gasteiger partial charge in [0.2, 0.25) is 5.13 Å². The molecule has 2 aliphatic carbocycles. The Kier molecular flexibility index (Phi) is 3.88. The fourth-order valence-corrected chi connectivity index (χ4v) is 4.32. The number of aromatic nitrogens is 4. The molecule has 2 aliphatic rings. The Morgan fingerprint density at radius 3 is 2.83 bits per heavy atom. The van der Waals surface area contributed by atoms with Crippen LogP contribution in [0.2, 0.25) is 0 Å². The van der Waals surface area contributed by atoms with Crippen LogP contribution >= 0.6 is 11.5 Å². The van der Waals surface area contributed by atoms with Gasteiger partial charge in [-0.05, 0) is 57.4 Å². The van der Waals surface area contributed by atoms with Crippen molar-refractivity contribution in [3.8, 4) is 0 Å². The van der Waals surface area contributed by atoms with E-state index in [1.807, 2.05) is 13.0 Å². The number of fused-ring (bicyclic) bond motifs is 1. The second-order valence-electron chi connectivity index (χ2n) is 6.55. The Morgan fingerprint density at radius 1 is 1.26 bits per heavy atom. The largest absolute Gasteiger partial charge is 0.358 e. The molecule has 0 saturated heterocycles. The van der Waals surface area contributed by atoms with Crippen molar-refractivity contribution in [2.45, 2.75) is 64.0 Å². The Morgan fingerprint density at radius 2 is 2.09 bits per heavy atom. The van der Waals surface area contributed by atoms with Crippen LogP contribution in [0.25, 0.3) is 0 Å². The minimum absolute atomic E-state index is 0.0711. The van der Waals surface area contributed by atoms with E-state index in [-0.39, 0.29) is 11.6 Å². The molecule has 1 saturated carbocycles. The third-order valence-electron chi connectivity index (χ3n) is 4.88. The average Bonchev–Trinajstić information content (AvgIpc) is 3.16. The van der Waals surface area contributed by atoms with Gasteiger partial charge in [0.05, 0.1) is 11.7 Å². The molecule has 7 heteroatoms. The first-order chi connectivity index (χ1) is 11.2. The zero-order valence-corrected chi connectivity index (χ0v) is 14.1. The summed E-state index contributed by atoms with van der Waals surface area (Å²) < 4.78 is 5.95. The zero-order chi connectivity index (χ0) is 15.8. The van der Waals surface area contributed by atoms with Gasteiger partial charge in [0.1, 0.15) is 5.82 Å². The first-order valence-corrected chi connectivity index (χ1v) is 9.15. The molecule has 4 rings (SSSR count). The highest BCUT2D eigenvalue weighted by atomic mass is 32.1. The average molecular weight is 331 g/mol. The minimum atomic E-state index is 0.0711. The van der Waals surface area contributed by atoms with E-state index in [4.69, 9.17) is 0 Å². The van der Waals surface area contributed by atoms with E-state index in [0.717, 1.165) is 67.2 Å². The van der Waals surface area contributed by atoms with Crippen molar-refractivity contribution in [2.75, 3.05) is 5.32 Å². The van der Waals surface area contributed by atoms with Gasteiger partial charge >= 0.3 is 0 Å². The number of rotatable bonds is 3. The molecule has 0 amide bonds. The number of aryl methyl sites for hydroxylation is 3. The third-order valence-corrected chi connectivity index (χ3v) is 5.62. The van der Waals surface area contributed by atoms with Gasteiger partial charge in [-0.3, -0.25) is 4.79 Å². The summed E-state index contributed by atoms with van der Waals surface area (Å²) in [6.07, 6.45) is 7.20. The summed E-state index contributed by atoms with van der Waals surface area (Å²) in [5, 5.41) is 9.02. The number of hydrogen-bond acceptors (Lipinski definition) is 6. The van der Waals surface area contributed by atoms with Gasteiger partial charge in [-0.2, -0.15) is 9.47 Å². The summed E-state index contributed by atoms with van der Waals surface area (Å²) in [6, 6.07) is 2.47. The standard InChI is InChI=1S/C16H21N5OS/c1-10-17-16(23-20-10)18-12-5-7-13(8-6-12)21-15(22)9-11-3-2-4-14(11)19-21/h9,12-13H,2-8H2,1H3,(H,17,18,20). The van der Waals surface area contributed by atoms with Gasteiger partial charge in [0, 0.05) is 23.6 Å². The summed E-state index contributed by atoms with van der Waals surface area (Å²) in [7, 11) is 0. The highest BCUT2D eigenvalue weighted by molar-refractivity contribution is 7.09. The molecule has 122 valence electrons. The van der Waals surface area contributed by atoms with Crippen LogP contribution in [0.1, 0.15) is 55.2 Å². The van der Waals surface area contributed by atoms with Crippen molar-refractivity contribution in [1.82, 2.24) is 19.1 Å². The van der Waals surface area contributed by atoms with Gasteiger partial charge in [0.15, 0.2) is 0 Å². The molecule has 2 aromatic heterocycles. The Bertz CT molecular complexity index is 760. The van der Waals surface area contributed by atoms with Crippen molar-refractivity contribution in [1.29, 1.82) is 0 Å². The lowest BCUT2D eigenvalue weighted by Crippen LogP contribution is -2.33. The summed E-state index contributed by atoms with van der Waals surface area (Å²) in [6.45, 7) is 1.91. The van der Waals surface area contributed by atoms with E-state index in [9.17, 15) is 4.79 Å². The van der Waals surface area contributed by atoms with Crippen LogP contribution < -0.4 is 10.9 Å². The first kappa shape index (κ1) is 14.8. The van der Waals surface area contributed by atoms with Crippen LogP contribution in [0.5, 0.6) is 0 Å². The molecule has 0 bridgehead atoms. The SMILES string of the molecule is Cc1nsc(NC2CCC(n3nc4c(cc3=O)CCC4)CC2)n1. The smallest absolute Gasteiger partial charge is 0.267 e. The second kappa shape index (κ2) is 6.03. The predicted octanol–water partition coefficient (Wildman–Crippen LogP) is 2.49. The Hall–Kier alpha value is -1.76. The molecule has 0 unspecified atom stereocenters. The van der Waals surface area contributed by atoms with Crippen molar-refractivity contribution in [2.24, 2.45) is 0 Å². The van der Waals surface area contributed by atoms with Crippen molar-refractivity contribution in [3.63, 3.8) is 0 Å². The van der Waals surface area contributed by atoms with Gasteiger partial charge in [-0.15, -0.1) is 0 Å². The van der Waals surface area contributed by atoms with Crippen LogP contribution in [0, 0.1) is 6.92 Å². The molecule has 0 spiro atoms. The summed E-state index contributed by atoms with van der Waals surface area (Å²) in [5.41, 5.74) is 2.37. The number of anilines is 1. The van der Waals surface area contributed by atoms with Crippen LogP contribution in [0.3, 0.4) is 0 Å². The number of nitrogens with zero attached hydrogens (tertiary/aromatic N) is 4. The molecule has 1 N–H and O–H groups in total. The number of nitrogens with one attached hydrogen (secondary N) is 1. The minimum Gasteiger partial charge on any atom is -0.358 e. The second-order valence-corrected chi connectivity index (χ2v) is 7.30. The highest BCUT2D eigenvalue weighted by Gasteiger charge is 2.25. The first-order valence-electron chi connectivity index (χ1n) is 8.37. The molecular formula is C16H21N5OS. The van der Waals surface area contributed by atoms with Gasteiger partial charge in [-0.25, -0.2) is 9.67 Å². The zero-order valence-electron chi connectivity index (χ0n) is 13.3. The molecule has 0 aliphatic heterocycles. The summed E-state index contributed by atoms with van der Waals surface area (Å²) in [5.74, 6) is 0.820. The van der Waals surface area contributed by atoms with E-state index in [2.05, 4.69) is 19.8 Å². The van der Waals surface area contributed by atoms with Crippen LogP contribution in [-0.4, -0.2) is 25.2 Å². The highest BCUT2D eigenvalue weighted by Crippen LogP contribution is 2.30. The predicted molar refractivity (Wildman–Crippen MR) is 90.1 cm³/mol. The maximum absolute atomic E-state index is 12.3. The van der Waals surface area contributed by atoms with E-state index in [1.165, 1.54) is 11.5 Å². The summed E-state index contributed by atoms with van der Waals surface area (Å²) in [4.78, 5) is 16.7. The van der Waals surface area contributed by atoms with E-state index in [0.29, 0.717) is 6.04 Å². The monoisotopic (exact) mass is 331 g/mol. The topological polar surface area (TPSA) is 72.7 Å².